The van der Waals surface area contributed by atoms with Crippen molar-refractivity contribution in [2.24, 2.45) is 0 Å². The van der Waals surface area contributed by atoms with Gasteiger partial charge in [0, 0.05) is 16.2 Å². The third-order valence-electron chi connectivity index (χ3n) is 1.41. The molecule has 0 fully saturated rings. The van der Waals surface area contributed by atoms with Gasteiger partial charge < -0.3 is 4.74 Å². The highest BCUT2D eigenvalue weighted by atomic mass is 79.9. The Hall–Kier alpha value is -0.570. The largest absolute Gasteiger partial charge is 0.492 e. The van der Waals surface area contributed by atoms with Crippen LogP contribution in [0.2, 0.25) is 0 Å². The highest BCUT2D eigenvalue weighted by molar-refractivity contribution is 9.10. The van der Waals surface area contributed by atoms with Crippen molar-refractivity contribution in [3.05, 3.63) is 22.4 Å². The van der Waals surface area contributed by atoms with E-state index < -0.39 is 0 Å². The van der Waals surface area contributed by atoms with E-state index in [4.69, 9.17) is 4.74 Å². The fraction of sp³-hybridized carbons (Fsp3) is 0.375. The predicted octanol–water partition coefficient (Wildman–Crippen LogP) is 2.55. The molecule has 0 radical (unpaired) electrons. The van der Waals surface area contributed by atoms with Gasteiger partial charge in [0.2, 0.25) is 0 Å². The number of aromatic nitrogens is 1. The van der Waals surface area contributed by atoms with E-state index in [1.165, 1.54) is 0 Å². The molecule has 3 heteroatoms. The molecule has 0 spiro atoms. The van der Waals surface area contributed by atoms with Crippen LogP contribution in [0.4, 0.5) is 0 Å². The summed E-state index contributed by atoms with van der Waals surface area (Å²) in [6.45, 7) is 4.63. The quantitative estimate of drug-likeness (QED) is 0.757. The number of rotatable bonds is 2. The highest BCUT2D eigenvalue weighted by Crippen LogP contribution is 2.23. The van der Waals surface area contributed by atoms with Gasteiger partial charge in [0.15, 0.2) is 0 Å². The van der Waals surface area contributed by atoms with Crippen molar-refractivity contribution in [2.75, 3.05) is 6.61 Å². The summed E-state index contributed by atoms with van der Waals surface area (Å²) < 4.78 is 6.31. The normalized spacial score (nSPS) is 9.73. The van der Waals surface area contributed by atoms with Crippen LogP contribution < -0.4 is 4.74 Å². The number of ether oxygens (including phenoxy) is 1. The third kappa shape index (κ3) is 1.93. The molecule has 0 aliphatic heterocycles. The number of pyridine rings is 1. The topological polar surface area (TPSA) is 22.1 Å². The Morgan fingerprint density at radius 1 is 1.55 bits per heavy atom. The molecule has 0 aliphatic carbocycles. The molecule has 0 saturated carbocycles. The van der Waals surface area contributed by atoms with Crippen molar-refractivity contribution in [1.82, 2.24) is 4.98 Å². The summed E-state index contributed by atoms with van der Waals surface area (Å²) in [6, 6.07) is 0. The molecule has 0 unspecified atom stereocenters. The van der Waals surface area contributed by atoms with Gasteiger partial charge in [-0.25, -0.2) is 0 Å². The maximum Gasteiger partial charge on any atom is 0.141 e. The first-order valence-electron chi connectivity index (χ1n) is 3.48. The van der Waals surface area contributed by atoms with Gasteiger partial charge in [-0.3, -0.25) is 4.98 Å². The van der Waals surface area contributed by atoms with Gasteiger partial charge in [0.25, 0.3) is 0 Å². The van der Waals surface area contributed by atoms with Crippen LogP contribution in [0.15, 0.2) is 16.9 Å². The molecular weight excluding hydrogens is 206 g/mol. The summed E-state index contributed by atoms with van der Waals surface area (Å²) in [5.74, 6) is 0.849. The second-order valence-corrected chi connectivity index (χ2v) is 3.03. The molecule has 1 aromatic heterocycles. The van der Waals surface area contributed by atoms with Gasteiger partial charge in [0.1, 0.15) is 5.75 Å². The predicted molar refractivity (Wildman–Crippen MR) is 47.8 cm³/mol. The van der Waals surface area contributed by atoms with E-state index in [0.717, 1.165) is 15.8 Å². The number of hydrogen-bond donors (Lipinski definition) is 0. The maximum absolute atomic E-state index is 5.32. The molecule has 0 amide bonds. The van der Waals surface area contributed by atoms with Gasteiger partial charge in [-0.05, 0) is 29.8 Å². The molecule has 1 heterocycles. The molecule has 0 aliphatic rings. The lowest BCUT2D eigenvalue weighted by molar-refractivity contribution is 0.336. The average Bonchev–Trinajstić information content (AvgIpc) is 1.99. The fourth-order valence-corrected chi connectivity index (χ4v) is 1.10. The first kappa shape index (κ1) is 8.53. The zero-order valence-corrected chi connectivity index (χ0v) is 8.18. The van der Waals surface area contributed by atoms with Crippen molar-refractivity contribution >= 4 is 15.9 Å². The first-order valence-corrected chi connectivity index (χ1v) is 4.28. The molecule has 1 aromatic rings. The summed E-state index contributed by atoms with van der Waals surface area (Å²) in [7, 11) is 0. The molecule has 60 valence electrons. The Kier molecular flexibility index (Phi) is 2.88. The van der Waals surface area contributed by atoms with Crippen molar-refractivity contribution < 1.29 is 4.74 Å². The van der Waals surface area contributed by atoms with Gasteiger partial charge in [-0.15, -0.1) is 0 Å². The van der Waals surface area contributed by atoms with E-state index in [0.29, 0.717) is 6.61 Å². The van der Waals surface area contributed by atoms with Crippen LogP contribution in [0.25, 0.3) is 0 Å². The number of nitrogens with zero attached hydrogens (tertiary/aromatic N) is 1. The first-order chi connectivity index (χ1) is 5.25. The van der Waals surface area contributed by atoms with Gasteiger partial charge >= 0.3 is 0 Å². The minimum absolute atomic E-state index is 0.680. The monoisotopic (exact) mass is 215 g/mol. The van der Waals surface area contributed by atoms with E-state index in [1.54, 1.807) is 12.4 Å². The Labute approximate surface area is 74.7 Å². The molecular formula is C8H10BrNO. The van der Waals surface area contributed by atoms with Gasteiger partial charge in [-0.2, -0.15) is 0 Å². The Morgan fingerprint density at radius 2 is 2.27 bits per heavy atom. The number of hydrogen-bond acceptors (Lipinski definition) is 2. The molecule has 0 saturated heterocycles. The molecule has 2 nitrogen and oxygen atoms in total. The lowest BCUT2D eigenvalue weighted by atomic mass is 10.3. The van der Waals surface area contributed by atoms with Crippen LogP contribution >= 0.6 is 15.9 Å². The summed E-state index contributed by atoms with van der Waals surface area (Å²) in [5.41, 5.74) is 1.10. The van der Waals surface area contributed by atoms with E-state index in [9.17, 15) is 0 Å². The minimum atomic E-state index is 0.680. The number of halogens is 1. The lowest BCUT2D eigenvalue weighted by Gasteiger charge is -2.06. The minimum Gasteiger partial charge on any atom is -0.492 e. The van der Waals surface area contributed by atoms with Crippen LogP contribution in [0, 0.1) is 6.92 Å². The van der Waals surface area contributed by atoms with Crippen molar-refractivity contribution in [3.8, 4) is 5.75 Å². The van der Waals surface area contributed by atoms with E-state index >= 15 is 0 Å². The highest BCUT2D eigenvalue weighted by Gasteiger charge is 2.01. The molecule has 0 N–H and O–H groups in total. The molecule has 0 bridgehead atoms. The summed E-state index contributed by atoms with van der Waals surface area (Å²) in [6.07, 6.45) is 3.49. The van der Waals surface area contributed by atoms with Crippen molar-refractivity contribution in [2.45, 2.75) is 13.8 Å². The van der Waals surface area contributed by atoms with Crippen molar-refractivity contribution in [3.63, 3.8) is 0 Å². The third-order valence-corrected chi connectivity index (χ3v) is 2.21. The molecule has 0 aromatic carbocycles. The van der Waals surface area contributed by atoms with Crippen molar-refractivity contribution in [1.29, 1.82) is 0 Å². The zero-order chi connectivity index (χ0) is 8.27. The molecule has 1 rings (SSSR count). The summed E-state index contributed by atoms with van der Waals surface area (Å²) in [4.78, 5) is 3.99. The van der Waals surface area contributed by atoms with Crippen LogP contribution in [0.5, 0.6) is 5.75 Å². The van der Waals surface area contributed by atoms with E-state index in [2.05, 4.69) is 20.9 Å². The smallest absolute Gasteiger partial charge is 0.141 e. The lowest BCUT2D eigenvalue weighted by Crippen LogP contribution is -1.94. The Balaban J connectivity index is 2.96. The van der Waals surface area contributed by atoms with Crippen LogP contribution in [-0.2, 0) is 0 Å². The van der Waals surface area contributed by atoms with E-state index in [1.807, 2.05) is 13.8 Å². The fourth-order valence-electron chi connectivity index (χ4n) is 0.783. The maximum atomic E-state index is 5.32. The second kappa shape index (κ2) is 3.72. The summed E-state index contributed by atoms with van der Waals surface area (Å²) in [5, 5.41) is 0. The van der Waals surface area contributed by atoms with Crippen LogP contribution in [0.3, 0.4) is 0 Å². The summed E-state index contributed by atoms with van der Waals surface area (Å²) >= 11 is 3.37. The Bertz CT molecular complexity index is 250. The standard InChI is InChI=1S/C8H10BrNO/c1-3-11-8-5-10-4-7(9)6(8)2/h4-5H,3H2,1-2H3. The Morgan fingerprint density at radius 3 is 2.91 bits per heavy atom. The molecule has 0 atom stereocenters. The van der Waals surface area contributed by atoms with Crippen LogP contribution in [0.1, 0.15) is 12.5 Å². The molecule has 11 heavy (non-hydrogen) atoms. The van der Waals surface area contributed by atoms with Crippen LogP contribution in [-0.4, -0.2) is 11.6 Å². The zero-order valence-electron chi connectivity index (χ0n) is 6.60. The SMILES string of the molecule is CCOc1cncc(Br)c1C. The second-order valence-electron chi connectivity index (χ2n) is 2.18. The van der Waals surface area contributed by atoms with E-state index in [-0.39, 0.29) is 0 Å². The average molecular weight is 216 g/mol. The van der Waals surface area contributed by atoms with Gasteiger partial charge in [-0.1, -0.05) is 0 Å². The van der Waals surface area contributed by atoms with Gasteiger partial charge in [0.05, 0.1) is 12.8 Å².